The van der Waals surface area contributed by atoms with E-state index < -0.39 is 27.3 Å². The van der Waals surface area contributed by atoms with Crippen LogP contribution in [0.3, 0.4) is 0 Å². The van der Waals surface area contributed by atoms with E-state index in [1.54, 1.807) is 5.01 Å². The van der Waals surface area contributed by atoms with Gasteiger partial charge in [0.2, 0.25) is 0 Å². The number of hydrogen-bond acceptors (Lipinski definition) is 5. The van der Waals surface area contributed by atoms with Gasteiger partial charge in [-0.25, -0.2) is 18.2 Å². The fraction of sp³-hybridized carbons (Fsp3) is 0.462. The van der Waals surface area contributed by atoms with Crippen LogP contribution in [0.1, 0.15) is 35.2 Å². The van der Waals surface area contributed by atoms with Crippen molar-refractivity contribution in [3.05, 3.63) is 23.3 Å². The topological polar surface area (TPSA) is 107 Å². The van der Waals surface area contributed by atoms with Gasteiger partial charge in [0.25, 0.3) is 10.0 Å². The van der Waals surface area contributed by atoms with Crippen LogP contribution in [0.5, 0.6) is 5.75 Å². The van der Waals surface area contributed by atoms with Crippen LogP contribution >= 0.6 is 0 Å². The number of sulfonamides is 1. The number of carbonyl (C=O) groups is 1. The number of piperidine rings is 1. The summed E-state index contributed by atoms with van der Waals surface area (Å²) in [5.74, 6) is -1.82. The molecule has 0 atom stereocenters. The summed E-state index contributed by atoms with van der Waals surface area (Å²) in [6.07, 6.45) is 2.90. The molecular weight excluding hydrogens is 296 g/mol. The average molecular weight is 314 g/mol. The van der Waals surface area contributed by atoms with Gasteiger partial charge in [0, 0.05) is 13.1 Å². The third-order valence-corrected chi connectivity index (χ3v) is 4.94. The smallest absolute Gasteiger partial charge is 0.339 e. The minimum Gasteiger partial charge on any atom is -0.507 e. The van der Waals surface area contributed by atoms with Gasteiger partial charge >= 0.3 is 5.97 Å². The summed E-state index contributed by atoms with van der Waals surface area (Å²) >= 11 is 0. The molecule has 1 aliphatic heterocycles. The molecule has 0 bridgehead atoms. The van der Waals surface area contributed by atoms with Gasteiger partial charge in [-0.05, 0) is 37.5 Å². The molecule has 8 heteroatoms. The number of nitrogens with zero attached hydrogens (tertiary/aromatic N) is 1. The number of carboxylic acids is 1. The van der Waals surface area contributed by atoms with Gasteiger partial charge in [-0.3, -0.25) is 0 Å². The Morgan fingerprint density at radius 1 is 1.24 bits per heavy atom. The highest BCUT2D eigenvalue weighted by Crippen LogP contribution is 2.25. The van der Waals surface area contributed by atoms with E-state index in [2.05, 4.69) is 4.83 Å². The lowest BCUT2D eigenvalue weighted by Crippen LogP contribution is -2.45. The predicted molar refractivity (Wildman–Crippen MR) is 75.5 cm³/mol. The normalized spacial score (nSPS) is 16.8. The quantitative estimate of drug-likeness (QED) is 0.767. The van der Waals surface area contributed by atoms with E-state index in [1.165, 1.54) is 6.92 Å². The lowest BCUT2D eigenvalue weighted by molar-refractivity contribution is 0.0693. The highest BCUT2D eigenvalue weighted by molar-refractivity contribution is 7.89. The number of phenols is 1. The molecule has 116 valence electrons. The number of rotatable bonds is 4. The lowest BCUT2D eigenvalue weighted by atomic mass is 10.1. The van der Waals surface area contributed by atoms with Crippen molar-refractivity contribution in [3.63, 3.8) is 0 Å². The minimum atomic E-state index is -3.86. The third-order valence-electron chi connectivity index (χ3n) is 3.42. The average Bonchev–Trinajstić information content (AvgIpc) is 2.38. The molecular formula is C13H18N2O5S. The Balaban J connectivity index is 2.34. The van der Waals surface area contributed by atoms with Crippen LogP contribution in [-0.4, -0.2) is 42.7 Å². The second-order valence-corrected chi connectivity index (χ2v) is 6.71. The number of aromatic hydroxyl groups is 1. The zero-order valence-corrected chi connectivity index (χ0v) is 12.5. The molecule has 1 aromatic rings. The molecule has 0 amide bonds. The van der Waals surface area contributed by atoms with Gasteiger partial charge in [0.15, 0.2) is 0 Å². The van der Waals surface area contributed by atoms with E-state index in [0.29, 0.717) is 18.7 Å². The zero-order valence-electron chi connectivity index (χ0n) is 11.7. The molecule has 0 spiro atoms. The molecule has 1 saturated heterocycles. The molecule has 3 N–H and O–H groups in total. The summed E-state index contributed by atoms with van der Waals surface area (Å²) in [4.78, 5) is 13.3. The molecule has 0 aliphatic carbocycles. The van der Waals surface area contributed by atoms with Crippen molar-refractivity contribution in [1.82, 2.24) is 9.84 Å². The molecule has 2 rings (SSSR count). The Morgan fingerprint density at radius 3 is 2.43 bits per heavy atom. The Bertz CT molecular complexity index is 651. The largest absolute Gasteiger partial charge is 0.507 e. The monoisotopic (exact) mass is 314 g/mol. The molecule has 21 heavy (non-hydrogen) atoms. The lowest BCUT2D eigenvalue weighted by Gasteiger charge is -2.27. The number of carboxylic acid groups (broad SMARTS) is 1. The first kappa shape index (κ1) is 15.7. The fourth-order valence-electron chi connectivity index (χ4n) is 2.34. The van der Waals surface area contributed by atoms with Gasteiger partial charge < -0.3 is 10.2 Å². The Morgan fingerprint density at radius 2 is 1.86 bits per heavy atom. The highest BCUT2D eigenvalue weighted by Gasteiger charge is 2.24. The Labute approximate surface area is 123 Å². The summed E-state index contributed by atoms with van der Waals surface area (Å²) in [6.45, 7) is 2.76. The number of nitrogens with one attached hydrogen (secondary N) is 1. The second kappa shape index (κ2) is 6.00. The molecule has 1 heterocycles. The molecule has 1 aromatic carbocycles. The molecule has 0 unspecified atom stereocenters. The van der Waals surface area contributed by atoms with Crippen molar-refractivity contribution in [1.29, 1.82) is 0 Å². The van der Waals surface area contributed by atoms with Crippen molar-refractivity contribution >= 4 is 16.0 Å². The molecule has 7 nitrogen and oxygen atoms in total. The van der Waals surface area contributed by atoms with Crippen LogP contribution in [-0.2, 0) is 10.0 Å². The van der Waals surface area contributed by atoms with E-state index in [9.17, 15) is 18.3 Å². The van der Waals surface area contributed by atoms with E-state index in [-0.39, 0.29) is 4.90 Å². The van der Waals surface area contributed by atoms with E-state index in [0.717, 1.165) is 31.4 Å². The number of hydrogen-bond donors (Lipinski definition) is 3. The Kier molecular flexibility index (Phi) is 4.50. The van der Waals surface area contributed by atoms with Crippen molar-refractivity contribution in [2.24, 2.45) is 0 Å². The van der Waals surface area contributed by atoms with Gasteiger partial charge in [0.1, 0.15) is 11.3 Å². The van der Waals surface area contributed by atoms with Crippen LogP contribution in [0.2, 0.25) is 0 Å². The van der Waals surface area contributed by atoms with Gasteiger partial charge in [-0.15, -0.1) is 4.83 Å². The van der Waals surface area contributed by atoms with Crippen LogP contribution in [0.25, 0.3) is 0 Å². The van der Waals surface area contributed by atoms with Gasteiger partial charge in [-0.1, -0.05) is 6.42 Å². The maximum Gasteiger partial charge on any atom is 0.339 e. The van der Waals surface area contributed by atoms with E-state index in [4.69, 9.17) is 5.11 Å². The maximum absolute atomic E-state index is 12.4. The summed E-state index contributed by atoms with van der Waals surface area (Å²) in [7, 11) is -3.86. The number of aryl methyl sites for hydroxylation is 1. The van der Waals surface area contributed by atoms with Crippen molar-refractivity contribution in [2.75, 3.05) is 13.1 Å². The summed E-state index contributed by atoms with van der Waals surface area (Å²) < 4.78 is 24.8. The van der Waals surface area contributed by atoms with Gasteiger partial charge in [-0.2, -0.15) is 0 Å². The first-order valence-electron chi connectivity index (χ1n) is 6.65. The molecule has 0 saturated carbocycles. The number of hydrazine groups is 1. The molecule has 0 radical (unpaired) electrons. The number of aromatic carboxylic acids is 1. The SMILES string of the molecule is Cc1cc(O)c(C(=O)O)cc1S(=O)(=O)NN1CCCCC1. The molecule has 1 fully saturated rings. The van der Waals surface area contributed by atoms with Crippen LogP contribution in [0.4, 0.5) is 0 Å². The molecule has 0 aromatic heterocycles. The zero-order chi connectivity index (χ0) is 15.6. The van der Waals surface area contributed by atoms with E-state index in [1.807, 2.05) is 0 Å². The van der Waals surface area contributed by atoms with Crippen LogP contribution < -0.4 is 4.83 Å². The van der Waals surface area contributed by atoms with Crippen molar-refractivity contribution in [2.45, 2.75) is 31.1 Å². The van der Waals surface area contributed by atoms with E-state index >= 15 is 0 Å². The first-order valence-corrected chi connectivity index (χ1v) is 8.14. The maximum atomic E-state index is 12.4. The second-order valence-electron chi connectivity index (χ2n) is 5.08. The summed E-state index contributed by atoms with van der Waals surface area (Å²) in [5.41, 5.74) is -0.137. The Hall–Kier alpha value is -1.64. The van der Waals surface area contributed by atoms with Crippen LogP contribution in [0.15, 0.2) is 17.0 Å². The first-order chi connectivity index (χ1) is 9.81. The van der Waals surface area contributed by atoms with Gasteiger partial charge in [0.05, 0.1) is 4.90 Å². The fourth-order valence-corrected chi connectivity index (χ4v) is 3.71. The number of benzene rings is 1. The van der Waals surface area contributed by atoms with Crippen molar-refractivity contribution in [3.8, 4) is 5.75 Å². The molecule has 1 aliphatic rings. The third kappa shape index (κ3) is 3.52. The summed E-state index contributed by atoms with van der Waals surface area (Å²) in [5, 5.41) is 20.2. The predicted octanol–water partition coefficient (Wildman–Crippen LogP) is 1.08. The minimum absolute atomic E-state index is 0.136. The van der Waals surface area contributed by atoms with Crippen molar-refractivity contribution < 1.29 is 23.4 Å². The highest BCUT2D eigenvalue weighted by atomic mass is 32.2. The standard InChI is InChI=1S/C13H18N2O5S/c1-9-7-11(16)10(13(17)18)8-12(9)21(19,20)14-15-5-3-2-4-6-15/h7-8,14,16H,2-6H2,1H3,(H,17,18). The van der Waals surface area contributed by atoms with Crippen LogP contribution in [0, 0.1) is 6.92 Å². The summed E-state index contributed by atoms with van der Waals surface area (Å²) in [6, 6.07) is 2.13.